The molecule has 2 aromatic carbocycles. The molecule has 0 spiro atoms. The monoisotopic (exact) mass is 295 g/mol. The molecule has 0 unspecified atom stereocenters. The van der Waals surface area contributed by atoms with Crippen LogP contribution in [0.2, 0.25) is 0 Å². The predicted molar refractivity (Wildman–Crippen MR) is 82.0 cm³/mol. The van der Waals surface area contributed by atoms with Crippen molar-refractivity contribution in [2.24, 2.45) is 0 Å². The van der Waals surface area contributed by atoms with E-state index in [-0.39, 0.29) is 16.4 Å². The van der Waals surface area contributed by atoms with Crippen molar-refractivity contribution in [3.8, 4) is 0 Å². The fraction of sp³-hybridized carbons (Fsp3) is 0. The van der Waals surface area contributed by atoms with Crippen LogP contribution in [0.25, 0.3) is 21.9 Å². The van der Waals surface area contributed by atoms with Gasteiger partial charge in [-0.3, -0.25) is 9.59 Å². The van der Waals surface area contributed by atoms with Crippen LogP contribution in [0.5, 0.6) is 0 Å². The quantitative estimate of drug-likeness (QED) is 0.540. The predicted octanol–water partition coefficient (Wildman–Crippen LogP) is 3.50. The lowest BCUT2D eigenvalue weighted by Crippen LogP contribution is -2.07. The molecule has 0 amide bonds. The normalized spacial score (nSPS) is 11.2. The lowest BCUT2D eigenvalue weighted by molar-refractivity contribution is 0.0950. The van der Waals surface area contributed by atoms with Gasteiger partial charge < -0.3 is 4.42 Å². The molecular formula is C16H9NO3S. The number of hydrogen-bond acceptors (Lipinski definition) is 4. The Hall–Kier alpha value is -2.66. The Balaban J connectivity index is 1.92. The van der Waals surface area contributed by atoms with E-state index in [1.165, 1.54) is 3.96 Å². The molecule has 0 bridgehead atoms. The summed E-state index contributed by atoms with van der Waals surface area (Å²) >= 11 is 0.892. The molecule has 0 aliphatic rings. The van der Waals surface area contributed by atoms with Gasteiger partial charge in [-0.05, 0) is 35.8 Å². The molecule has 4 aromatic rings. The summed E-state index contributed by atoms with van der Waals surface area (Å²) in [6.45, 7) is 0. The minimum atomic E-state index is -0.325. The van der Waals surface area contributed by atoms with Crippen molar-refractivity contribution in [1.82, 2.24) is 3.96 Å². The molecule has 0 radical (unpaired) electrons. The second-order valence-electron chi connectivity index (χ2n) is 4.64. The first-order valence-corrected chi connectivity index (χ1v) is 7.16. The van der Waals surface area contributed by atoms with E-state index in [2.05, 4.69) is 0 Å². The number of fused-ring (bicyclic) bond motifs is 2. The largest absolute Gasteiger partial charge is 0.451 e. The van der Waals surface area contributed by atoms with Crippen LogP contribution in [0.4, 0.5) is 0 Å². The smallest absolute Gasteiger partial charge is 0.307 e. The van der Waals surface area contributed by atoms with E-state index in [1.807, 2.05) is 24.3 Å². The number of carbonyl (C=O) groups excluding carboxylic acids is 1. The summed E-state index contributed by atoms with van der Waals surface area (Å²) in [5.74, 6) is -0.0947. The van der Waals surface area contributed by atoms with E-state index in [4.69, 9.17) is 4.42 Å². The maximum absolute atomic E-state index is 12.6. The van der Waals surface area contributed by atoms with Crippen molar-refractivity contribution in [3.05, 3.63) is 69.9 Å². The Bertz CT molecular complexity index is 1010. The van der Waals surface area contributed by atoms with E-state index >= 15 is 0 Å². The van der Waals surface area contributed by atoms with Crippen LogP contribution < -0.4 is 4.74 Å². The molecule has 0 saturated carbocycles. The van der Waals surface area contributed by atoms with Crippen molar-refractivity contribution in [3.63, 3.8) is 0 Å². The van der Waals surface area contributed by atoms with Gasteiger partial charge in [0.25, 0.3) is 4.74 Å². The van der Waals surface area contributed by atoms with Gasteiger partial charge in [-0.15, -0.1) is 0 Å². The van der Waals surface area contributed by atoms with Gasteiger partial charge in [-0.1, -0.05) is 30.3 Å². The summed E-state index contributed by atoms with van der Waals surface area (Å²) in [7, 11) is 0. The molecule has 0 N–H and O–H groups in total. The topological polar surface area (TPSA) is 52.2 Å². The Morgan fingerprint density at radius 1 is 1.05 bits per heavy atom. The highest BCUT2D eigenvalue weighted by Gasteiger charge is 2.18. The van der Waals surface area contributed by atoms with Crippen LogP contribution in [0.15, 0.2) is 63.8 Å². The molecule has 102 valence electrons. The van der Waals surface area contributed by atoms with Crippen LogP contribution in [0, 0.1) is 0 Å². The number of nitrogens with zero attached hydrogens (tertiary/aromatic N) is 1. The van der Waals surface area contributed by atoms with E-state index < -0.39 is 0 Å². The number of aromatic nitrogens is 1. The second kappa shape index (κ2) is 4.43. The molecule has 21 heavy (non-hydrogen) atoms. The SMILES string of the molecule is O=C(c1cc2ccccc2o1)n1sc(=O)c2ccccc21. The molecule has 4 rings (SSSR count). The third-order valence-electron chi connectivity index (χ3n) is 3.34. The Morgan fingerprint density at radius 2 is 1.81 bits per heavy atom. The summed E-state index contributed by atoms with van der Waals surface area (Å²) in [6, 6.07) is 16.2. The third-order valence-corrected chi connectivity index (χ3v) is 4.27. The minimum Gasteiger partial charge on any atom is -0.451 e. The van der Waals surface area contributed by atoms with Crippen LogP contribution in [-0.2, 0) is 0 Å². The van der Waals surface area contributed by atoms with Gasteiger partial charge in [0.05, 0.1) is 10.9 Å². The summed E-state index contributed by atoms with van der Waals surface area (Å²) in [6.07, 6.45) is 0. The van der Waals surface area contributed by atoms with Gasteiger partial charge in [-0.25, -0.2) is 3.96 Å². The lowest BCUT2D eigenvalue weighted by Gasteiger charge is -1.98. The molecule has 0 atom stereocenters. The number of rotatable bonds is 1. The highest BCUT2D eigenvalue weighted by molar-refractivity contribution is 7.06. The van der Waals surface area contributed by atoms with Gasteiger partial charge >= 0.3 is 5.91 Å². The molecule has 4 nitrogen and oxygen atoms in total. The zero-order chi connectivity index (χ0) is 14.4. The van der Waals surface area contributed by atoms with Crippen molar-refractivity contribution >= 4 is 39.3 Å². The van der Waals surface area contributed by atoms with Gasteiger partial charge in [0.1, 0.15) is 5.58 Å². The van der Waals surface area contributed by atoms with Crippen molar-refractivity contribution < 1.29 is 9.21 Å². The number of para-hydroxylation sites is 2. The number of hydrogen-bond donors (Lipinski definition) is 0. The molecule has 0 aliphatic carbocycles. The summed E-state index contributed by atoms with van der Waals surface area (Å²) in [5, 5.41) is 1.41. The molecule has 5 heteroatoms. The zero-order valence-electron chi connectivity index (χ0n) is 10.8. The van der Waals surface area contributed by atoms with Gasteiger partial charge in [0.2, 0.25) is 0 Å². The first-order chi connectivity index (χ1) is 10.2. The van der Waals surface area contributed by atoms with Crippen LogP contribution >= 0.6 is 11.5 Å². The first kappa shape index (κ1) is 12.1. The van der Waals surface area contributed by atoms with Crippen LogP contribution in [-0.4, -0.2) is 9.86 Å². The second-order valence-corrected chi connectivity index (χ2v) is 5.56. The van der Waals surface area contributed by atoms with Crippen LogP contribution in [0.1, 0.15) is 10.6 Å². The first-order valence-electron chi connectivity index (χ1n) is 6.38. The number of carbonyl (C=O) groups is 1. The standard InChI is InChI=1S/C16H9NO3S/c18-15(14-9-10-5-1-4-8-13(10)20-14)17-12-7-3-2-6-11(12)16(19)21-17/h1-9H. The summed E-state index contributed by atoms with van der Waals surface area (Å²) in [4.78, 5) is 24.5. The fourth-order valence-electron chi connectivity index (χ4n) is 2.34. The van der Waals surface area contributed by atoms with Crippen molar-refractivity contribution in [2.45, 2.75) is 0 Å². The highest BCUT2D eigenvalue weighted by Crippen LogP contribution is 2.22. The van der Waals surface area contributed by atoms with E-state index in [0.29, 0.717) is 16.5 Å². The molecule has 2 aromatic heterocycles. The maximum Gasteiger partial charge on any atom is 0.307 e. The van der Waals surface area contributed by atoms with E-state index in [1.54, 1.807) is 30.3 Å². The van der Waals surface area contributed by atoms with Gasteiger partial charge in [0, 0.05) is 5.39 Å². The Kier molecular flexibility index (Phi) is 2.55. The van der Waals surface area contributed by atoms with Crippen molar-refractivity contribution in [1.29, 1.82) is 0 Å². The zero-order valence-corrected chi connectivity index (χ0v) is 11.6. The summed E-state index contributed by atoms with van der Waals surface area (Å²) in [5.41, 5.74) is 1.27. The average Bonchev–Trinajstić information content (AvgIpc) is 3.09. The Morgan fingerprint density at radius 3 is 2.67 bits per heavy atom. The highest BCUT2D eigenvalue weighted by atomic mass is 32.1. The minimum absolute atomic E-state index is 0.130. The molecule has 0 aliphatic heterocycles. The lowest BCUT2D eigenvalue weighted by atomic mass is 10.2. The fourth-order valence-corrected chi connectivity index (χ4v) is 3.21. The number of benzene rings is 2. The van der Waals surface area contributed by atoms with Crippen molar-refractivity contribution in [2.75, 3.05) is 0 Å². The van der Waals surface area contributed by atoms with Gasteiger partial charge in [0.15, 0.2) is 5.76 Å². The Labute approximate surface area is 123 Å². The van der Waals surface area contributed by atoms with E-state index in [0.717, 1.165) is 16.9 Å². The summed E-state index contributed by atoms with van der Waals surface area (Å²) < 4.78 is 6.83. The van der Waals surface area contributed by atoms with Crippen LogP contribution in [0.3, 0.4) is 0 Å². The van der Waals surface area contributed by atoms with E-state index in [9.17, 15) is 9.59 Å². The number of furan rings is 1. The third kappa shape index (κ3) is 1.82. The maximum atomic E-state index is 12.6. The van der Waals surface area contributed by atoms with Gasteiger partial charge in [-0.2, -0.15) is 0 Å². The molecule has 0 fully saturated rings. The molecule has 0 saturated heterocycles. The molecular weight excluding hydrogens is 286 g/mol. The molecule has 2 heterocycles. The average molecular weight is 295 g/mol.